The number of carbonyl (C=O) groups excluding carboxylic acids is 1. The number of hydrogen-bond acceptors (Lipinski definition) is 4. The summed E-state index contributed by atoms with van der Waals surface area (Å²) in [4.78, 5) is 13.3. The van der Waals surface area contributed by atoms with E-state index in [0.717, 1.165) is 11.8 Å². The topological polar surface area (TPSA) is 80.5 Å². The zero-order valence-electron chi connectivity index (χ0n) is 10.6. The lowest BCUT2D eigenvalue weighted by molar-refractivity contribution is -0.128. The van der Waals surface area contributed by atoms with Crippen LogP contribution < -0.4 is 5.73 Å². The van der Waals surface area contributed by atoms with Gasteiger partial charge in [-0.3, -0.25) is 4.79 Å². The van der Waals surface area contributed by atoms with E-state index >= 15 is 0 Å². The van der Waals surface area contributed by atoms with E-state index in [2.05, 4.69) is 0 Å². The molecule has 0 heterocycles. The largest absolute Gasteiger partial charge is 0.398 e. The SMILES string of the molecule is CN(CCS(C)(=O)=O)C(=O)Cc1ccccc1N. The van der Waals surface area contributed by atoms with Gasteiger partial charge < -0.3 is 10.6 Å². The van der Waals surface area contributed by atoms with Crippen molar-refractivity contribution in [2.24, 2.45) is 0 Å². The summed E-state index contributed by atoms with van der Waals surface area (Å²) in [6, 6.07) is 7.14. The number of amides is 1. The monoisotopic (exact) mass is 270 g/mol. The third-order valence-corrected chi connectivity index (χ3v) is 3.54. The van der Waals surface area contributed by atoms with E-state index in [1.54, 1.807) is 25.2 Å². The first-order chi connectivity index (χ1) is 8.29. The Labute approximate surface area is 108 Å². The molecule has 0 aliphatic rings. The van der Waals surface area contributed by atoms with Crippen LogP contribution in [-0.2, 0) is 21.1 Å². The lowest BCUT2D eigenvalue weighted by atomic mass is 10.1. The van der Waals surface area contributed by atoms with Gasteiger partial charge in [-0.2, -0.15) is 0 Å². The van der Waals surface area contributed by atoms with Gasteiger partial charge in [-0.1, -0.05) is 18.2 Å². The van der Waals surface area contributed by atoms with Gasteiger partial charge in [0.2, 0.25) is 5.91 Å². The molecule has 0 radical (unpaired) electrons. The molecule has 0 aliphatic carbocycles. The smallest absolute Gasteiger partial charge is 0.226 e. The van der Waals surface area contributed by atoms with Gasteiger partial charge in [0.15, 0.2) is 0 Å². The van der Waals surface area contributed by atoms with E-state index in [-0.39, 0.29) is 24.6 Å². The van der Waals surface area contributed by atoms with Crippen molar-refractivity contribution in [3.05, 3.63) is 29.8 Å². The van der Waals surface area contributed by atoms with Crippen molar-refractivity contribution >= 4 is 21.4 Å². The van der Waals surface area contributed by atoms with Crippen LogP contribution in [0.4, 0.5) is 5.69 Å². The maximum absolute atomic E-state index is 11.9. The van der Waals surface area contributed by atoms with Crippen molar-refractivity contribution in [2.45, 2.75) is 6.42 Å². The normalized spacial score (nSPS) is 11.2. The van der Waals surface area contributed by atoms with E-state index in [9.17, 15) is 13.2 Å². The predicted molar refractivity (Wildman–Crippen MR) is 71.9 cm³/mol. The highest BCUT2D eigenvalue weighted by Gasteiger charge is 2.13. The molecule has 0 fully saturated rings. The summed E-state index contributed by atoms with van der Waals surface area (Å²) in [5, 5.41) is 0. The average Bonchev–Trinajstić information content (AvgIpc) is 2.28. The lowest BCUT2D eigenvalue weighted by Gasteiger charge is -2.17. The van der Waals surface area contributed by atoms with E-state index in [1.165, 1.54) is 4.90 Å². The fourth-order valence-corrected chi connectivity index (χ4v) is 2.03. The number of nitrogens with zero attached hydrogens (tertiary/aromatic N) is 1. The molecule has 0 unspecified atom stereocenters. The molecule has 1 rings (SSSR count). The third-order valence-electron chi connectivity index (χ3n) is 2.62. The van der Waals surface area contributed by atoms with Crippen molar-refractivity contribution < 1.29 is 13.2 Å². The summed E-state index contributed by atoms with van der Waals surface area (Å²) in [6.45, 7) is 0.199. The Kier molecular flexibility index (Phi) is 4.72. The Hall–Kier alpha value is -1.56. The van der Waals surface area contributed by atoms with Crippen molar-refractivity contribution in [3.63, 3.8) is 0 Å². The Bertz CT molecular complexity index is 526. The Morgan fingerprint density at radius 1 is 1.33 bits per heavy atom. The highest BCUT2D eigenvalue weighted by atomic mass is 32.2. The summed E-state index contributed by atoms with van der Waals surface area (Å²) in [7, 11) is -1.46. The maximum atomic E-state index is 11.9. The van der Waals surface area contributed by atoms with E-state index in [0.29, 0.717) is 5.69 Å². The molecule has 0 saturated heterocycles. The molecule has 5 nitrogen and oxygen atoms in total. The number of benzene rings is 1. The van der Waals surface area contributed by atoms with Gasteiger partial charge >= 0.3 is 0 Å². The number of rotatable bonds is 5. The number of para-hydroxylation sites is 1. The number of hydrogen-bond donors (Lipinski definition) is 1. The molecular weight excluding hydrogens is 252 g/mol. The molecule has 100 valence electrons. The van der Waals surface area contributed by atoms with Crippen LogP contribution in [0.3, 0.4) is 0 Å². The Morgan fingerprint density at radius 2 is 1.94 bits per heavy atom. The van der Waals surface area contributed by atoms with Crippen LogP contribution in [0.15, 0.2) is 24.3 Å². The van der Waals surface area contributed by atoms with Crippen molar-refractivity contribution in [1.29, 1.82) is 0 Å². The summed E-state index contributed by atoms with van der Waals surface area (Å²) >= 11 is 0. The number of anilines is 1. The molecule has 1 aromatic carbocycles. The molecule has 2 N–H and O–H groups in total. The number of nitrogens with two attached hydrogens (primary N) is 1. The van der Waals surface area contributed by atoms with Gasteiger partial charge in [0, 0.05) is 25.5 Å². The number of likely N-dealkylation sites (N-methyl/N-ethyl adjacent to an activating group) is 1. The van der Waals surface area contributed by atoms with Gasteiger partial charge in [-0.05, 0) is 11.6 Å². The summed E-state index contributed by atoms with van der Waals surface area (Å²) in [5.74, 6) is -0.170. The van der Waals surface area contributed by atoms with Crippen LogP contribution in [0.5, 0.6) is 0 Å². The molecule has 0 saturated carbocycles. The quantitative estimate of drug-likeness (QED) is 0.781. The second-order valence-electron chi connectivity index (χ2n) is 4.32. The standard InChI is InChI=1S/C12H18N2O3S/c1-14(7-8-18(2,16)17)12(15)9-10-5-3-4-6-11(10)13/h3-6H,7-9,13H2,1-2H3. The second-order valence-corrected chi connectivity index (χ2v) is 6.58. The molecule has 0 aromatic heterocycles. The van der Waals surface area contributed by atoms with Gasteiger partial charge in [0.1, 0.15) is 9.84 Å². The zero-order valence-corrected chi connectivity index (χ0v) is 11.4. The molecule has 6 heteroatoms. The molecular formula is C12H18N2O3S. The maximum Gasteiger partial charge on any atom is 0.226 e. The van der Waals surface area contributed by atoms with E-state index in [1.807, 2.05) is 6.07 Å². The summed E-state index contributed by atoms with van der Waals surface area (Å²) < 4.78 is 22.0. The molecule has 0 bridgehead atoms. The van der Waals surface area contributed by atoms with Crippen LogP contribution in [-0.4, -0.2) is 44.8 Å². The highest BCUT2D eigenvalue weighted by Crippen LogP contribution is 2.11. The van der Waals surface area contributed by atoms with Crippen LogP contribution in [0, 0.1) is 0 Å². The second kappa shape index (κ2) is 5.86. The van der Waals surface area contributed by atoms with Gasteiger partial charge in [-0.25, -0.2) is 8.42 Å². The van der Waals surface area contributed by atoms with Gasteiger partial charge in [0.05, 0.1) is 12.2 Å². The molecule has 18 heavy (non-hydrogen) atoms. The minimum Gasteiger partial charge on any atom is -0.398 e. The number of nitrogen functional groups attached to an aromatic ring is 1. The summed E-state index contributed by atoms with van der Waals surface area (Å²) in [6.07, 6.45) is 1.34. The molecule has 0 atom stereocenters. The van der Waals surface area contributed by atoms with E-state index < -0.39 is 9.84 Å². The number of sulfone groups is 1. The first kappa shape index (κ1) is 14.5. The fraction of sp³-hybridized carbons (Fsp3) is 0.417. The Balaban J connectivity index is 2.58. The highest BCUT2D eigenvalue weighted by molar-refractivity contribution is 7.90. The van der Waals surface area contributed by atoms with Crippen LogP contribution in [0.1, 0.15) is 5.56 Å². The van der Waals surface area contributed by atoms with Crippen LogP contribution >= 0.6 is 0 Å². The predicted octanol–water partition coefficient (Wildman–Crippen LogP) is 0.314. The van der Waals surface area contributed by atoms with Crippen molar-refractivity contribution in [1.82, 2.24) is 4.90 Å². The molecule has 1 aromatic rings. The third kappa shape index (κ3) is 4.75. The molecule has 1 amide bonds. The zero-order chi connectivity index (χ0) is 13.8. The molecule has 0 spiro atoms. The van der Waals surface area contributed by atoms with Crippen LogP contribution in [0.2, 0.25) is 0 Å². The average molecular weight is 270 g/mol. The minimum absolute atomic E-state index is 0.0283. The van der Waals surface area contributed by atoms with Gasteiger partial charge in [-0.15, -0.1) is 0 Å². The van der Waals surface area contributed by atoms with Crippen molar-refractivity contribution in [2.75, 3.05) is 31.3 Å². The first-order valence-electron chi connectivity index (χ1n) is 5.54. The minimum atomic E-state index is -3.05. The van der Waals surface area contributed by atoms with E-state index in [4.69, 9.17) is 5.73 Å². The van der Waals surface area contributed by atoms with Gasteiger partial charge in [0.25, 0.3) is 0 Å². The Morgan fingerprint density at radius 3 is 2.50 bits per heavy atom. The van der Waals surface area contributed by atoms with Crippen molar-refractivity contribution in [3.8, 4) is 0 Å². The van der Waals surface area contributed by atoms with Crippen LogP contribution in [0.25, 0.3) is 0 Å². The summed E-state index contributed by atoms with van der Waals surface area (Å²) in [5.41, 5.74) is 7.08. The number of carbonyl (C=O) groups is 1. The first-order valence-corrected chi connectivity index (χ1v) is 7.61. The fourth-order valence-electron chi connectivity index (χ4n) is 1.42. The molecule has 0 aliphatic heterocycles. The lowest BCUT2D eigenvalue weighted by Crippen LogP contribution is -2.32.